The first-order valence-corrected chi connectivity index (χ1v) is 19.7. The molecule has 1 atom stereocenters. The van der Waals surface area contributed by atoms with Gasteiger partial charge in [-0.1, -0.05) is 54.6 Å². The molecule has 1 aromatic carbocycles. The van der Waals surface area contributed by atoms with Crippen molar-refractivity contribution in [2.45, 2.75) is 131 Å². The van der Waals surface area contributed by atoms with Crippen LogP contribution in [0, 0.1) is 13.8 Å². The third-order valence-corrected chi connectivity index (χ3v) is 9.64. The Bertz CT molecular complexity index is 1060. The molecular weight excluding hydrogens is 540 g/mol. The summed E-state index contributed by atoms with van der Waals surface area (Å²) in [7, 11) is -1.14. The van der Waals surface area contributed by atoms with Crippen molar-refractivity contribution in [3.05, 3.63) is 57.7 Å². The highest BCUT2D eigenvalue weighted by Gasteiger charge is 2.20. The van der Waals surface area contributed by atoms with Crippen molar-refractivity contribution >= 4 is 14.4 Å². The normalized spacial score (nSPS) is 17.0. The van der Waals surface area contributed by atoms with Crippen molar-refractivity contribution in [2.75, 3.05) is 20.0 Å². The second-order valence-electron chi connectivity index (χ2n) is 13.1. The van der Waals surface area contributed by atoms with Gasteiger partial charge in [0.2, 0.25) is 0 Å². The molecule has 1 heterocycles. The van der Waals surface area contributed by atoms with E-state index in [1.807, 2.05) is 0 Å². The summed E-state index contributed by atoms with van der Waals surface area (Å²) in [6.45, 7) is 19.6. The lowest BCUT2D eigenvalue weighted by Crippen LogP contribution is -2.25. The minimum absolute atomic E-state index is 0.176. The summed E-state index contributed by atoms with van der Waals surface area (Å²) in [4.78, 5) is 10.6. The van der Waals surface area contributed by atoms with E-state index in [0.29, 0.717) is 6.42 Å². The van der Waals surface area contributed by atoms with Gasteiger partial charge in [0.1, 0.15) is 17.8 Å². The van der Waals surface area contributed by atoms with Crippen LogP contribution < -0.4 is 9.47 Å². The van der Waals surface area contributed by atoms with Crippen molar-refractivity contribution < 1.29 is 23.7 Å². The molecule has 5 nitrogen and oxygen atoms in total. The number of hydrogen-bond acceptors (Lipinski definition) is 5. The second-order valence-corrected chi connectivity index (χ2v) is 18.8. The van der Waals surface area contributed by atoms with Crippen molar-refractivity contribution in [2.24, 2.45) is 0 Å². The number of allylic oxidation sites excluding steroid dienone is 6. The third-order valence-electron chi connectivity index (χ3n) is 7.94. The predicted octanol–water partition coefficient (Wildman–Crippen LogP) is 9.82. The van der Waals surface area contributed by atoms with Gasteiger partial charge >= 0.3 is 0 Å². The molecule has 1 fully saturated rings. The molecule has 1 aromatic rings. The zero-order valence-corrected chi connectivity index (χ0v) is 28.9. The van der Waals surface area contributed by atoms with E-state index in [2.05, 4.69) is 78.6 Å². The second kappa shape index (κ2) is 19.2. The van der Waals surface area contributed by atoms with Crippen LogP contribution in [0.3, 0.4) is 0 Å². The summed E-state index contributed by atoms with van der Waals surface area (Å²) >= 11 is 0. The SMILES string of the molecule is C/C(=C/Cc1cc(OC2CCCCO2)c(C)c(C)c1OCOCC[Si](C)(C)C)CC/C=C(\C)CC/C=C(\C)CCC=O. The number of aldehydes is 1. The summed E-state index contributed by atoms with van der Waals surface area (Å²) in [5.74, 6) is 1.80. The standard InChI is InChI=1S/C36H58O5Si/c1-28(14-11-16-29(2)18-13-22-37)15-12-17-30(3)20-21-33-26-34(41-35-19-9-10-23-39-35)31(4)32(5)36(33)40-27-38-24-25-42(6,7)8/h15-16,20,22,26,35H,9-14,17-19,21,23-25,27H2,1-8H3/b28-15+,29-16+,30-20-. The average molecular weight is 599 g/mol. The van der Waals surface area contributed by atoms with E-state index in [1.54, 1.807) is 0 Å². The van der Waals surface area contributed by atoms with Crippen LogP contribution in [0.2, 0.25) is 25.7 Å². The van der Waals surface area contributed by atoms with Gasteiger partial charge in [0.05, 0.1) is 6.61 Å². The van der Waals surface area contributed by atoms with Crippen LogP contribution in [0.5, 0.6) is 11.5 Å². The number of hydrogen-bond donors (Lipinski definition) is 0. The fourth-order valence-electron chi connectivity index (χ4n) is 4.86. The van der Waals surface area contributed by atoms with E-state index in [0.717, 1.165) is 112 Å². The van der Waals surface area contributed by atoms with E-state index in [1.165, 1.54) is 16.7 Å². The zero-order chi connectivity index (χ0) is 31.0. The van der Waals surface area contributed by atoms with Gasteiger partial charge in [-0.05, 0) is 109 Å². The molecule has 0 saturated carbocycles. The van der Waals surface area contributed by atoms with E-state index < -0.39 is 8.07 Å². The quantitative estimate of drug-likeness (QED) is 0.0521. The Hall–Kier alpha value is -2.15. The monoisotopic (exact) mass is 598 g/mol. The van der Waals surface area contributed by atoms with Crippen LogP contribution in [0.15, 0.2) is 41.0 Å². The Kier molecular flexibility index (Phi) is 16.5. The van der Waals surface area contributed by atoms with Crippen molar-refractivity contribution in [3.8, 4) is 11.5 Å². The molecule has 1 aliphatic rings. The fraction of sp³-hybridized carbons (Fsp3) is 0.639. The number of carbonyl (C=O) groups excluding carboxylic acids is 1. The number of carbonyl (C=O) groups is 1. The highest BCUT2D eigenvalue weighted by Crippen LogP contribution is 2.36. The molecule has 6 heteroatoms. The van der Waals surface area contributed by atoms with Crippen LogP contribution in [-0.2, 0) is 20.7 Å². The van der Waals surface area contributed by atoms with E-state index in [4.69, 9.17) is 18.9 Å². The molecule has 1 unspecified atom stereocenters. The summed E-state index contributed by atoms with van der Waals surface area (Å²) in [5, 5.41) is 0. The van der Waals surface area contributed by atoms with Gasteiger partial charge in [-0.15, -0.1) is 0 Å². The van der Waals surface area contributed by atoms with Gasteiger partial charge in [-0.2, -0.15) is 0 Å². The molecule has 0 spiro atoms. The summed E-state index contributed by atoms with van der Waals surface area (Å²) < 4.78 is 24.4. The first-order chi connectivity index (χ1) is 20.0. The van der Waals surface area contributed by atoms with Crippen LogP contribution in [0.25, 0.3) is 0 Å². The van der Waals surface area contributed by atoms with Crippen molar-refractivity contribution in [3.63, 3.8) is 0 Å². The number of ether oxygens (including phenoxy) is 4. The smallest absolute Gasteiger partial charge is 0.199 e. The van der Waals surface area contributed by atoms with Crippen LogP contribution >= 0.6 is 0 Å². The molecule has 0 radical (unpaired) electrons. The maximum Gasteiger partial charge on any atom is 0.199 e. The molecular formula is C36H58O5Si. The Morgan fingerprint density at radius 3 is 2.17 bits per heavy atom. The zero-order valence-electron chi connectivity index (χ0n) is 27.9. The lowest BCUT2D eigenvalue weighted by Gasteiger charge is -2.26. The molecule has 42 heavy (non-hydrogen) atoms. The highest BCUT2D eigenvalue weighted by atomic mass is 28.3. The number of rotatable bonds is 19. The van der Waals surface area contributed by atoms with Gasteiger partial charge in [-0.3, -0.25) is 0 Å². The predicted molar refractivity (Wildman–Crippen MR) is 178 cm³/mol. The largest absolute Gasteiger partial charge is 0.467 e. The Morgan fingerprint density at radius 1 is 0.929 bits per heavy atom. The highest BCUT2D eigenvalue weighted by molar-refractivity contribution is 6.76. The molecule has 1 aliphatic heterocycles. The van der Waals surface area contributed by atoms with E-state index in [-0.39, 0.29) is 13.1 Å². The minimum atomic E-state index is -1.14. The Balaban J connectivity index is 2.05. The maximum atomic E-state index is 10.6. The van der Waals surface area contributed by atoms with Crippen LogP contribution in [0.4, 0.5) is 0 Å². The first kappa shape index (κ1) is 36.0. The Morgan fingerprint density at radius 2 is 1.57 bits per heavy atom. The van der Waals surface area contributed by atoms with Crippen molar-refractivity contribution in [1.29, 1.82) is 0 Å². The first-order valence-electron chi connectivity index (χ1n) is 16.0. The summed E-state index contributed by atoms with van der Waals surface area (Å²) in [5.41, 5.74) is 7.43. The van der Waals surface area contributed by atoms with E-state index >= 15 is 0 Å². The number of benzene rings is 1. The molecule has 2 rings (SSSR count). The van der Waals surface area contributed by atoms with Gasteiger partial charge in [0.15, 0.2) is 13.1 Å². The van der Waals surface area contributed by atoms with Crippen LogP contribution in [-0.4, -0.2) is 40.7 Å². The molecule has 0 bridgehead atoms. The summed E-state index contributed by atoms with van der Waals surface area (Å²) in [6, 6.07) is 3.28. The topological polar surface area (TPSA) is 54.0 Å². The molecule has 0 N–H and O–H groups in total. The molecule has 0 amide bonds. The third kappa shape index (κ3) is 14.3. The lowest BCUT2D eigenvalue weighted by atomic mass is 9.99. The Labute approximate surface area is 257 Å². The minimum Gasteiger partial charge on any atom is -0.467 e. The van der Waals surface area contributed by atoms with Gasteiger partial charge in [-0.25, -0.2) is 0 Å². The lowest BCUT2D eigenvalue weighted by molar-refractivity contribution is -0.107. The molecule has 0 aliphatic carbocycles. The van der Waals surface area contributed by atoms with Gasteiger partial charge in [0, 0.05) is 33.1 Å². The summed E-state index contributed by atoms with van der Waals surface area (Å²) in [6.07, 6.45) is 17.4. The average Bonchev–Trinajstić information content (AvgIpc) is 2.94. The van der Waals surface area contributed by atoms with Crippen LogP contribution in [0.1, 0.15) is 95.2 Å². The van der Waals surface area contributed by atoms with Crippen molar-refractivity contribution in [1.82, 2.24) is 0 Å². The van der Waals surface area contributed by atoms with Gasteiger partial charge < -0.3 is 23.7 Å². The molecule has 1 saturated heterocycles. The molecule has 0 aromatic heterocycles. The molecule has 236 valence electrons. The fourth-order valence-corrected chi connectivity index (χ4v) is 5.61. The van der Waals surface area contributed by atoms with E-state index in [9.17, 15) is 4.79 Å². The maximum absolute atomic E-state index is 10.6. The van der Waals surface area contributed by atoms with Gasteiger partial charge in [0.25, 0.3) is 0 Å².